The van der Waals surface area contributed by atoms with Crippen LogP contribution in [-0.2, 0) is 0 Å². The molecule has 0 bridgehead atoms. The molecule has 86 valence electrons. The van der Waals surface area contributed by atoms with Gasteiger partial charge in [0.15, 0.2) is 0 Å². The fourth-order valence-corrected chi connectivity index (χ4v) is 2.01. The van der Waals surface area contributed by atoms with Crippen molar-refractivity contribution in [2.75, 3.05) is 18.0 Å². The average molecular weight is 222 g/mol. The second-order valence-electron chi connectivity index (χ2n) is 4.14. The summed E-state index contributed by atoms with van der Waals surface area (Å²) in [6.45, 7) is 2.98. The Kier molecular flexibility index (Phi) is 2.78. The highest BCUT2D eigenvalue weighted by Gasteiger charge is 2.26. The van der Waals surface area contributed by atoms with Gasteiger partial charge in [0.25, 0.3) is 5.69 Å². The Morgan fingerprint density at radius 3 is 2.88 bits per heavy atom. The lowest BCUT2D eigenvalue weighted by Crippen LogP contribution is -2.22. The van der Waals surface area contributed by atoms with Crippen molar-refractivity contribution in [3.8, 4) is 0 Å². The Bertz CT molecular complexity index is 420. The normalized spacial score (nSPS) is 20.1. The van der Waals surface area contributed by atoms with Crippen LogP contribution >= 0.6 is 0 Å². The van der Waals surface area contributed by atoms with Crippen molar-refractivity contribution in [3.05, 3.63) is 33.9 Å². The van der Waals surface area contributed by atoms with Gasteiger partial charge < -0.3 is 10.0 Å². The first-order valence-electron chi connectivity index (χ1n) is 5.26. The molecule has 1 aliphatic heterocycles. The lowest BCUT2D eigenvalue weighted by molar-refractivity contribution is -0.384. The van der Waals surface area contributed by atoms with Crippen LogP contribution in [0.5, 0.6) is 0 Å². The molecule has 1 atom stereocenters. The summed E-state index contributed by atoms with van der Waals surface area (Å²) < 4.78 is 0. The third-order valence-electron chi connectivity index (χ3n) is 2.83. The molecule has 1 aliphatic rings. The smallest absolute Gasteiger partial charge is 0.292 e. The first kappa shape index (κ1) is 10.9. The molecule has 0 amide bonds. The molecule has 5 nitrogen and oxygen atoms in total. The third kappa shape index (κ3) is 1.99. The fourth-order valence-electron chi connectivity index (χ4n) is 2.01. The van der Waals surface area contributed by atoms with Gasteiger partial charge in [-0.2, -0.15) is 0 Å². The standard InChI is InChI=1S/C11H14N2O3/c1-8-2-3-10(11(6-8)13(15)16)12-5-4-9(14)7-12/h2-3,6,9,14H,4-5,7H2,1H3/t9-/m0/s1. The van der Waals surface area contributed by atoms with Gasteiger partial charge in [-0.1, -0.05) is 6.07 Å². The van der Waals surface area contributed by atoms with Crippen molar-refractivity contribution >= 4 is 11.4 Å². The summed E-state index contributed by atoms with van der Waals surface area (Å²) in [6, 6.07) is 5.18. The first-order chi connectivity index (χ1) is 7.58. The van der Waals surface area contributed by atoms with E-state index in [1.807, 2.05) is 17.9 Å². The van der Waals surface area contributed by atoms with E-state index in [-0.39, 0.29) is 16.7 Å². The third-order valence-corrected chi connectivity index (χ3v) is 2.83. The topological polar surface area (TPSA) is 66.6 Å². The summed E-state index contributed by atoms with van der Waals surface area (Å²) in [7, 11) is 0. The van der Waals surface area contributed by atoms with Gasteiger partial charge >= 0.3 is 0 Å². The lowest BCUT2D eigenvalue weighted by atomic mass is 10.2. The number of nitro groups is 1. The molecule has 1 N–H and O–H groups in total. The molecule has 0 spiro atoms. The van der Waals surface area contributed by atoms with E-state index in [0.717, 1.165) is 5.56 Å². The highest BCUT2D eigenvalue weighted by atomic mass is 16.6. The van der Waals surface area contributed by atoms with E-state index in [1.54, 1.807) is 12.1 Å². The maximum Gasteiger partial charge on any atom is 0.292 e. The van der Waals surface area contributed by atoms with Gasteiger partial charge in [-0.05, 0) is 25.0 Å². The number of rotatable bonds is 2. The van der Waals surface area contributed by atoms with Gasteiger partial charge in [0.1, 0.15) is 5.69 Å². The minimum absolute atomic E-state index is 0.120. The number of β-amino-alcohol motifs (C(OH)–C–C–N with tert-alkyl or cyclic N) is 1. The molecule has 1 aromatic rings. The second kappa shape index (κ2) is 4.09. The maximum atomic E-state index is 10.9. The summed E-state index contributed by atoms with van der Waals surface area (Å²) in [5.74, 6) is 0. The molecule has 16 heavy (non-hydrogen) atoms. The maximum absolute atomic E-state index is 10.9. The minimum Gasteiger partial charge on any atom is -0.391 e. The Labute approximate surface area is 93.5 Å². The van der Waals surface area contributed by atoms with Crippen LogP contribution < -0.4 is 4.90 Å². The average Bonchev–Trinajstić information content (AvgIpc) is 2.64. The summed E-state index contributed by atoms with van der Waals surface area (Å²) in [5, 5.41) is 20.4. The Morgan fingerprint density at radius 2 is 2.31 bits per heavy atom. The molecule has 1 fully saturated rings. The van der Waals surface area contributed by atoms with Crippen molar-refractivity contribution in [2.24, 2.45) is 0 Å². The zero-order chi connectivity index (χ0) is 11.7. The molecule has 1 saturated heterocycles. The van der Waals surface area contributed by atoms with E-state index in [1.165, 1.54) is 0 Å². The van der Waals surface area contributed by atoms with Crippen molar-refractivity contribution in [2.45, 2.75) is 19.4 Å². The van der Waals surface area contributed by atoms with Crippen LogP contribution in [0.4, 0.5) is 11.4 Å². The van der Waals surface area contributed by atoms with Crippen LogP contribution in [-0.4, -0.2) is 29.2 Å². The Balaban J connectivity index is 2.36. The molecule has 0 radical (unpaired) electrons. The highest BCUT2D eigenvalue weighted by molar-refractivity contribution is 5.64. The van der Waals surface area contributed by atoms with Crippen LogP contribution in [0.15, 0.2) is 18.2 Å². The van der Waals surface area contributed by atoms with E-state index in [4.69, 9.17) is 0 Å². The number of aliphatic hydroxyl groups excluding tert-OH is 1. The quantitative estimate of drug-likeness (QED) is 0.608. The number of hydrogen-bond donors (Lipinski definition) is 1. The zero-order valence-corrected chi connectivity index (χ0v) is 9.09. The van der Waals surface area contributed by atoms with E-state index in [9.17, 15) is 15.2 Å². The van der Waals surface area contributed by atoms with Gasteiger partial charge in [0.05, 0.1) is 11.0 Å². The van der Waals surface area contributed by atoms with Gasteiger partial charge in [-0.25, -0.2) is 0 Å². The zero-order valence-electron chi connectivity index (χ0n) is 9.09. The van der Waals surface area contributed by atoms with Crippen molar-refractivity contribution in [3.63, 3.8) is 0 Å². The van der Waals surface area contributed by atoms with Gasteiger partial charge in [0.2, 0.25) is 0 Å². The molecule has 1 aromatic carbocycles. The summed E-state index contributed by atoms with van der Waals surface area (Å²) >= 11 is 0. The van der Waals surface area contributed by atoms with Gasteiger partial charge in [-0.15, -0.1) is 0 Å². The lowest BCUT2D eigenvalue weighted by Gasteiger charge is -2.17. The Hall–Kier alpha value is -1.62. The van der Waals surface area contributed by atoms with Crippen LogP contribution in [0, 0.1) is 17.0 Å². The van der Waals surface area contributed by atoms with Crippen LogP contribution in [0.2, 0.25) is 0 Å². The van der Waals surface area contributed by atoms with Crippen molar-refractivity contribution < 1.29 is 10.0 Å². The van der Waals surface area contributed by atoms with Crippen LogP contribution in [0.25, 0.3) is 0 Å². The minimum atomic E-state index is -0.374. The second-order valence-corrected chi connectivity index (χ2v) is 4.14. The number of aryl methyl sites for hydroxylation is 1. The number of nitrogens with zero attached hydrogens (tertiary/aromatic N) is 2. The highest BCUT2D eigenvalue weighted by Crippen LogP contribution is 2.31. The first-order valence-corrected chi connectivity index (χ1v) is 5.26. The number of benzene rings is 1. The fraction of sp³-hybridized carbons (Fsp3) is 0.455. The predicted molar refractivity (Wildman–Crippen MR) is 60.7 cm³/mol. The molecule has 1 heterocycles. The van der Waals surface area contributed by atoms with E-state index in [2.05, 4.69) is 0 Å². The number of hydrogen-bond acceptors (Lipinski definition) is 4. The predicted octanol–water partition coefficient (Wildman–Crippen LogP) is 1.47. The molecular weight excluding hydrogens is 208 g/mol. The molecule has 5 heteroatoms. The van der Waals surface area contributed by atoms with Crippen LogP contribution in [0.3, 0.4) is 0 Å². The SMILES string of the molecule is Cc1ccc(N2CC[C@H](O)C2)c([N+](=O)[O-])c1. The summed E-state index contributed by atoms with van der Waals surface area (Å²) in [4.78, 5) is 12.4. The van der Waals surface area contributed by atoms with E-state index in [0.29, 0.717) is 25.2 Å². The molecule has 0 unspecified atom stereocenters. The molecule has 0 aliphatic carbocycles. The van der Waals surface area contributed by atoms with Crippen molar-refractivity contribution in [1.82, 2.24) is 0 Å². The molecule has 0 saturated carbocycles. The largest absolute Gasteiger partial charge is 0.391 e. The monoisotopic (exact) mass is 222 g/mol. The molecular formula is C11H14N2O3. The Morgan fingerprint density at radius 1 is 1.56 bits per heavy atom. The molecule has 2 rings (SSSR count). The number of aliphatic hydroxyl groups is 1. The van der Waals surface area contributed by atoms with Gasteiger partial charge in [0, 0.05) is 19.2 Å². The summed E-state index contributed by atoms with van der Waals surface area (Å²) in [6.07, 6.45) is 0.297. The van der Waals surface area contributed by atoms with E-state index >= 15 is 0 Å². The van der Waals surface area contributed by atoms with Crippen molar-refractivity contribution in [1.29, 1.82) is 0 Å². The number of anilines is 1. The number of nitro benzene ring substituents is 1. The molecule has 0 aromatic heterocycles. The van der Waals surface area contributed by atoms with Crippen LogP contribution in [0.1, 0.15) is 12.0 Å². The van der Waals surface area contributed by atoms with E-state index < -0.39 is 0 Å². The summed E-state index contributed by atoms with van der Waals surface area (Å²) in [5.41, 5.74) is 1.59. The van der Waals surface area contributed by atoms with Gasteiger partial charge in [-0.3, -0.25) is 10.1 Å².